The lowest BCUT2D eigenvalue weighted by Crippen LogP contribution is -2.36. The average molecular weight is 487 g/mol. The number of methoxy groups -OCH3 is 1. The number of nitrogens with one attached hydrogen (secondary N) is 1. The van der Waals surface area contributed by atoms with Gasteiger partial charge in [-0.1, -0.05) is 20.4 Å². The zero-order valence-corrected chi connectivity index (χ0v) is 20.6. The van der Waals surface area contributed by atoms with Gasteiger partial charge in [0.1, 0.15) is 30.8 Å². The molecule has 0 saturated heterocycles. The van der Waals surface area contributed by atoms with E-state index in [9.17, 15) is 9.90 Å². The molecule has 1 atom stereocenters. The topological polar surface area (TPSA) is 149 Å². The highest BCUT2D eigenvalue weighted by atomic mass is 16.6. The molecule has 5 N–H and O–H groups in total. The summed E-state index contributed by atoms with van der Waals surface area (Å²) >= 11 is 0. The molecule has 10 nitrogen and oxygen atoms in total. The monoisotopic (exact) mass is 486 g/mol. The SMILES string of the molecule is C=C(/N=C(\ON)c1cc(C)nc(CC(C)C)c1)c1ccc(OCC(O)CNC(=O)CO)cc1OC. The van der Waals surface area contributed by atoms with Crippen LogP contribution in [-0.4, -0.2) is 60.0 Å². The number of amides is 1. The number of aliphatic imine (C=N–C) groups is 1. The van der Waals surface area contributed by atoms with Crippen LogP contribution in [0.4, 0.5) is 0 Å². The summed E-state index contributed by atoms with van der Waals surface area (Å²) in [5, 5.41) is 21.0. The molecule has 0 aliphatic heterocycles. The molecule has 0 saturated carbocycles. The van der Waals surface area contributed by atoms with E-state index in [1.807, 2.05) is 19.1 Å². The molecule has 1 aromatic heterocycles. The first-order chi connectivity index (χ1) is 16.7. The first-order valence-electron chi connectivity index (χ1n) is 11.2. The van der Waals surface area contributed by atoms with Gasteiger partial charge in [-0.15, -0.1) is 0 Å². The van der Waals surface area contributed by atoms with E-state index in [4.69, 9.17) is 25.3 Å². The van der Waals surface area contributed by atoms with Gasteiger partial charge in [0.2, 0.25) is 11.8 Å². The Kier molecular flexibility index (Phi) is 10.7. The number of carbonyl (C=O) groups is 1. The molecule has 1 amide bonds. The maximum Gasteiger partial charge on any atom is 0.245 e. The highest BCUT2D eigenvalue weighted by Gasteiger charge is 2.14. The maximum absolute atomic E-state index is 11.1. The van der Waals surface area contributed by atoms with Crippen molar-refractivity contribution in [3.05, 3.63) is 59.4 Å². The Hall–Kier alpha value is -3.47. The lowest BCUT2D eigenvalue weighted by Gasteiger charge is -2.15. The number of nitrogens with two attached hydrogens (primary N) is 1. The number of ether oxygens (including phenoxy) is 2. The van der Waals surface area contributed by atoms with Gasteiger partial charge < -0.3 is 29.8 Å². The molecule has 2 aromatic rings. The highest BCUT2D eigenvalue weighted by molar-refractivity contribution is 5.97. The van der Waals surface area contributed by atoms with Crippen molar-refractivity contribution in [3.63, 3.8) is 0 Å². The average Bonchev–Trinajstić information content (AvgIpc) is 2.83. The largest absolute Gasteiger partial charge is 0.496 e. The highest BCUT2D eigenvalue weighted by Crippen LogP contribution is 2.30. The van der Waals surface area contributed by atoms with Crippen LogP contribution in [0.2, 0.25) is 0 Å². The lowest BCUT2D eigenvalue weighted by atomic mass is 10.1. The molecule has 0 aliphatic rings. The number of nitrogens with zero attached hydrogens (tertiary/aromatic N) is 2. The van der Waals surface area contributed by atoms with Crippen molar-refractivity contribution >= 4 is 17.5 Å². The molecule has 10 heteroatoms. The summed E-state index contributed by atoms with van der Waals surface area (Å²) in [4.78, 5) is 25.2. The minimum absolute atomic E-state index is 0.0463. The number of rotatable bonds is 12. The summed E-state index contributed by atoms with van der Waals surface area (Å²) in [6, 6.07) is 8.77. The molecule has 0 spiro atoms. The number of aromatic nitrogens is 1. The Balaban J connectivity index is 2.18. The molecule has 1 aromatic carbocycles. The molecule has 0 bridgehead atoms. The van der Waals surface area contributed by atoms with E-state index < -0.39 is 18.6 Å². The van der Waals surface area contributed by atoms with Gasteiger partial charge in [0.25, 0.3) is 0 Å². The van der Waals surface area contributed by atoms with E-state index in [2.05, 4.69) is 35.7 Å². The van der Waals surface area contributed by atoms with Gasteiger partial charge in [0.05, 0.1) is 12.8 Å². The fourth-order valence-corrected chi connectivity index (χ4v) is 3.26. The fraction of sp³-hybridized carbons (Fsp3) is 0.400. The number of aliphatic hydroxyl groups excluding tert-OH is 2. The van der Waals surface area contributed by atoms with Crippen molar-refractivity contribution in [1.29, 1.82) is 0 Å². The number of hydrogen-bond donors (Lipinski definition) is 4. The Bertz CT molecular complexity index is 1050. The third-order valence-corrected chi connectivity index (χ3v) is 4.82. The second-order valence-corrected chi connectivity index (χ2v) is 8.36. The second kappa shape index (κ2) is 13.4. The summed E-state index contributed by atoms with van der Waals surface area (Å²) in [6.45, 7) is 9.41. The number of hydrogen-bond acceptors (Lipinski definition) is 9. The number of pyridine rings is 1. The predicted octanol–water partition coefficient (Wildman–Crippen LogP) is 1.75. The van der Waals surface area contributed by atoms with Crippen LogP contribution in [0.15, 0.2) is 41.9 Å². The van der Waals surface area contributed by atoms with E-state index >= 15 is 0 Å². The molecule has 1 heterocycles. The number of benzene rings is 1. The van der Waals surface area contributed by atoms with Crippen LogP contribution in [0.25, 0.3) is 5.70 Å². The number of carbonyl (C=O) groups excluding carboxylic acids is 1. The normalized spacial score (nSPS) is 12.3. The van der Waals surface area contributed by atoms with E-state index in [1.54, 1.807) is 18.2 Å². The summed E-state index contributed by atoms with van der Waals surface area (Å²) < 4.78 is 11.1. The van der Waals surface area contributed by atoms with E-state index in [-0.39, 0.29) is 19.0 Å². The molecule has 190 valence electrons. The van der Waals surface area contributed by atoms with E-state index in [1.165, 1.54) is 7.11 Å². The van der Waals surface area contributed by atoms with Crippen molar-refractivity contribution in [2.45, 2.75) is 33.3 Å². The van der Waals surface area contributed by atoms with Gasteiger partial charge >= 0.3 is 0 Å². The molecule has 2 rings (SSSR count). The summed E-state index contributed by atoms with van der Waals surface area (Å²) in [5.74, 6) is 6.49. The standard InChI is InChI=1S/C25H34N4O6/c1-15(2)8-19-10-18(9-16(3)28-19)25(35-26)29-17(4)22-7-6-21(11-23(22)33-5)34-14-20(31)12-27-24(32)13-30/h6-7,9-11,15,20,30-31H,4,8,12-14,26H2,1-3,5H3,(H,27,32)/b29-25-. The minimum atomic E-state index is -0.954. The van der Waals surface area contributed by atoms with Crippen molar-refractivity contribution in [1.82, 2.24) is 10.3 Å². The fourth-order valence-electron chi connectivity index (χ4n) is 3.26. The Morgan fingerprint density at radius 1 is 1.29 bits per heavy atom. The zero-order chi connectivity index (χ0) is 26.0. The van der Waals surface area contributed by atoms with Gasteiger partial charge in [-0.25, -0.2) is 4.99 Å². The molecular formula is C25H34N4O6. The molecule has 0 radical (unpaired) electrons. The van der Waals surface area contributed by atoms with Gasteiger partial charge in [-0.05, 0) is 43.5 Å². The van der Waals surface area contributed by atoms with E-state index in [0.717, 1.165) is 17.8 Å². The molecule has 35 heavy (non-hydrogen) atoms. The maximum atomic E-state index is 11.1. The lowest BCUT2D eigenvalue weighted by molar-refractivity contribution is -0.124. The van der Waals surface area contributed by atoms with Gasteiger partial charge in [0.15, 0.2) is 0 Å². The molecule has 0 aliphatic carbocycles. The first-order valence-corrected chi connectivity index (χ1v) is 11.2. The van der Waals surface area contributed by atoms with Crippen LogP contribution in [0.3, 0.4) is 0 Å². The summed E-state index contributed by atoms with van der Waals surface area (Å²) in [5.41, 5.74) is 3.39. The van der Waals surface area contributed by atoms with Gasteiger partial charge in [-0.2, -0.15) is 5.90 Å². The molecule has 0 fully saturated rings. The van der Waals surface area contributed by atoms with Crippen LogP contribution < -0.4 is 20.7 Å². The van der Waals surface area contributed by atoms with Crippen LogP contribution in [0.5, 0.6) is 11.5 Å². The quantitative estimate of drug-likeness (QED) is 0.201. The smallest absolute Gasteiger partial charge is 0.245 e. The van der Waals surface area contributed by atoms with Crippen molar-refractivity contribution < 1.29 is 29.3 Å². The van der Waals surface area contributed by atoms with Crippen molar-refractivity contribution in [2.24, 2.45) is 16.8 Å². The Labute approximate surface area is 205 Å². The van der Waals surface area contributed by atoms with Gasteiger partial charge in [-0.3, -0.25) is 9.78 Å². The number of aryl methyl sites for hydroxylation is 1. The first kappa shape index (κ1) is 27.8. The predicted molar refractivity (Wildman–Crippen MR) is 133 cm³/mol. The Morgan fingerprint density at radius 2 is 2.03 bits per heavy atom. The number of aliphatic hydroxyl groups is 2. The minimum Gasteiger partial charge on any atom is -0.496 e. The molecular weight excluding hydrogens is 452 g/mol. The zero-order valence-electron chi connectivity index (χ0n) is 20.6. The summed E-state index contributed by atoms with van der Waals surface area (Å²) in [6.07, 6.45) is -0.143. The van der Waals surface area contributed by atoms with Crippen LogP contribution >= 0.6 is 0 Å². The third-order valence-electron chi connectivity index (χ3n) is 4.82. The van der Waals surface area contributed by atoms with Crippen LogP contribution in [0.1, 0.15) is 36.4 Å². The molecule has 1 unspecified atom stereocenters. The van der Waals surface area contributed by atoms with Crippen LogP contribution in [-0.2, 0) is 16.1 Å². The van der Waals surface area contributed by atoms with Crippen molar-refractivity contribution in [3.8, 4) is 11.5 Å². The second-order valence-electron chi connectivity index (χ2n) is 8.36. The summed E-state index contributed by atoms with van der Waals surface area (Å²) in [7, 11) is 1.50. The Morgan fingerprint density at radius 3 is 2.66 bits per heavy atom. The third kappa shape index (κ3) is 8.67. The van der Waals surface area contributed by atoms with Gasteiger partial charge in [0, 0.05) is 35.1 Å². The van der Waals surface area contributed by atoms with Crippen molar-refractivity contribution in [2.75, 3.05) is 26.9 Å². The van der Waals surface area contributed by atoms with Crippen LogP contribution in [0, 0.1) is 12.8 Å². The van der Waals surface area contributed by atoms with E-state index in [0.29, 0.717) is 34.2 Å².